The molecule has 0 bridgehead atoms. The maximum atomic E-state index is 13.3. The van der Waals surface area contributed by atoms with Gasteiger partial charge >= 0.3 is 0 Å². The Labute approximate surface area is 88.2 Å². The van der Waals surface area contributed by atoms with Crippen molar-refractivity contribution in [2.24, 2.45) is 0 Å². The SMILES string of the molecule is Nc1ccc(Sc2nncs2)c(F)c1. The van der Waals surface area contributed by atoms with Gasteiger partial charge in [-0.15, -0.1) is 10.2 Å². The number of nitrogens with two attached hydrogens (primary N) is 1. The van der Waals surface area contributed by atoms with Crippen molar-refractivity contribution in [3.63, 3.8) is 0 Å². The van der Waals surface area contributed by atoms with Gasteiger partial charge in [0.15, 0.2) is 4.34 Å². The molecule has 0 atom stereocenters. The fourth-order valence-electron chi connectivity index (χ4n) is 0.901. The normalized spacial score (nSPS) is 10.4. The molecule has 0 aliphatic rings. The van der Waals surface area contributed by atoms with Crippen LogP contribution in [-0.2, 0) is 0 Å². The Morgan fingerprint density at radius 1 is 1.43 bits per heavy atom. The lowest BCUT2D eigenvalue weighted by Crippen LogP contribution is -1.87. The summed E-state index contributed by atoms with van der Waals surface area (Å²) in [5, 5.41) is 7.47. The largest absolute Gasteiger partial charge is 0.399 e. The zero-order valence-corrected chi connectivity index (χ0v) is 8.61. The molecular weight excluding hydrogens is 221 g/mol. The van der Waals surface area contributed by atoms with E-state index in [9.17, 15) is 4.39 Å². The summed E-state index contributed by atoms with van der Waals surface area (Å²) in [5.74, 6) is -0.329. The molecule has 1 aromatic carbocycles. The van der Waals surface area contributed by atoms with Gasteiger partial charge in [0.25, 0.3) is 0 Å². The molecule has 0 aliphatic carbocycles. The summed E-state index contributed by atoms with van der Waals surface area (Å²) in [4.78, 5) is 0.510. The van der Waals surface area contributed by atoms with Gasteiger partial charge in [-0.25, -0.2) is 4.39 Å². The van der Waals surface area contributed by atoms with E-state index < -0.39 is 0 Å². The van der Waals surface area contributed by atoms with Crippen molar-refractivity contribution in [1.29, 1.82) is 0 Å². The third-order valence-electron chi connectivity index (χ3n) is 1.49. The number of aromatic nitrogens is 2. The highest BCUT2D eigenvalue weighted by Crippen LogP contribution is 2.31. The van der Waals surface area contributed by atoms with Crippen LogP contribution in [-0.4, -0.2) is 10.2 Å². The van der Waals surface area contributed by atoms with Gasteiger partial charge in [0.2, 0.25) is 0 Å². The van der Waals surface area contributed by atoms with Crippen LogP contribution in [0.4, 0.5) is 10.1 Å². The first-order chi connectivity index (χ1) is 6.75. The minimum Gasteiger partial charge on any atom is -0.399 e. The van der Waals surface area contributed by atoms with E-state index in [0.717, 1.165) is 0 Å². The Hall–Kier alpha value is -1.14. The minimum atomic E-state index is -0.329. The van der Waals surface area contributed by atoms with Crippen molar-refractivity contribution in [3.05, 3.63) is 29.5 Å². The van der Waals surface area contributed by atoms with Gasteiger partial charge in [-0.2, -0.15) is 0 Å². The second-order valence-corrected chi connectivity index (χ2v) is 4.62. The number of anilines is 1. The summed E-state index contributed by atoms with van der Waals surface area (Å²) in [6, 6.07) is 4.59. The Morgan fingerprint density at radius 2 is 2.29 bits per heavy atom. The Kier molecular flexibility index (Phi) is 2.64. The maximum Gasteiger partial charge on any atom is 0.178 e. The molecule has 2 rings (SSSR count). The monoisotopic (exact) mass is 227 g/mol. The number of nitrogen functional groups attached to an aromatic ring is 1. The van der Waals surface area contributed by atoms with Gasteiger partial charge in [0.1, 0.15) is 11.3 Å². The molecule has 0 saturated carbocycles. The number of nitrogens with zero attached hydrogens (tertiary/aromatic N) is 2. The second-order valence-electron chi connectivity index (χ2n) is 2.50. The highest BCUT2D eigenvalue weighted by molar-refractivity contribution is 8.01. The van der Waals surface area contributed by atoms with Gasteiger partial charge in [0.05, 0.1) is 4.90 Å². The van der Waals surface area contributed by atoms with Crippen molar-refractivity contribution in [3.8, 4) is 0 Å². The van der Waals surface area contributed by atoms with Crippen LogP contribution >= 0.6 is 23.1 Å². The average molecular weight is 227 g/mol. The molecule has 0 radical (unpaired) electrons. The van der Waals surface area contributed by atoms with Crippen LogP contribution in [0.5, 0.6) is 0 Å². The summed E-state index contributed by atoms with van der Waals surface area (Å²) >= 11 is 2.62. The lowest BCUT2D eigenvalue weighted by molar-refractivity contribution is 0.602. The molecule has 0 aliphatic heterocycles. The van der Waals surface area contributed by atoms with Crippen LogP contribution in [0.2, 0.25) is 0 Å². The quantitative estimate of drug-likeness (QED) is 0.800. The summed E-state index contributed by atoms with van der Waals surface area (Å²) in [7, 11) is 0. The molecule has 0 spiro atoms. The standard InChI is InChI=1S/C8H6FN3S2/c9-6-3-5(10)1-2-7(6)14-8-12-11-4-13-8/h1-4H,10H2. The van der Waals surface area contributed by atoms with Crippen LogP contribution < -0.4 is 5.73 Å². The summed E-state index contributed by atoms with van der Waals surface area (Å²) in [6.45, 7) is 0. The van der Waals surface area contributed by atoms with Crippen LogP contribution in [0.15, 0.2) is 32.9 Å². The van der Waals surface area contributed by atoms with E-state index in [1.165, 1.54) is 29.2 Å². The fourth-order valence-corrected chi connectivity index (χ4v) is 2.34. The van der Waals surface area contributed by atoms with E-state index in [1.54, 1.807) is 17.6 Å². The Bertz CT molecular complexity index is 430. The number of halogens is 1. The van der Waals surface area contributed by atoms with Crippen molar-refractivity contribution in [2.75, 3.05) is 5.73 Å². The third kappa shape index (κ3) is 2.02. The van der Waals surface area contributed by atoms with Gasteiger partial charge < -0.3 is 5.73 Å². The molecule has 14 heavy (non-hydrogen) atoms. The predicted molar refractivity (Wildman–Crippen MR) is 54.8 cm³/mol. The third-order valence-corrected chi connectivity index (χ3v) is 3.32. The van der Waals surface area contributed by atoms with Crippen LogP contribution in [0.3, 0.4) is 0 Å². The first kappa shape index (κ1) is 9.42. The Morgan fingerprint density at radius 3 is 2.93 bits per heavy atom. The molecular formula is C8H6FN3S2. The summed E-state index contributed by atoms with van der Waals surface area (Å²) in [5.41, 5.74) is 7.46. The topological polar surface area (TPSA) is 51.8 Å². The van der Waals surface area contributed by atoms with E-state index >= 15 is 0 Å². The second kappa shape index (κ2) is 3.93. The van der Waals surface area contributed by atoms with E-state index in [0.29, 0.717) is 14.9 Å². The summed E-state index contributed by atoms with van der Waals surface area (Å²) in [6.07, 6.45) is 0. The first-order valence-corrected chi connectivity index (χ1v) is 5.44. The first-order valence-electron chi connectivity index (χ1n) is 3.75. The molecule has 0 unspecified atom stereocenters. The van der Waals surface area contributed by atoms with Crippen LogP contribution in [0, 0.1) is 5.82 Å². The van der Waals surface area contributed by atoms with Crippen molar-refractivity contribution < 1.29 is 4.39 Å². The van der Waals surface area contributed by atoms with Gasteiger partial charge in [-0.05, 0) is 18.2 Å². The number of rotatable bonds is 2. The fraction of sp³-hybridized carbons (Fsp3) is 0. The van der Waals surface area contributed by atoms with Gasteiger partial charge in [-0.3, -0.25) is 0 Å². The lowest BCUT2D eigenvalue weighted by Gasteiger charge is -2.00. The maximum absolute atomic E-state index is 13.3. The predicted octanol–water partition coefficient (Wildman–Crippen LogP) is 2.41. The molecule has 2 N–H and O–H groups in total. The van der Waals surface area contributed by atoms with E-state index in [4.69, 9.17) is 5.73 Å². The number of benzene rings is 1. The molecule has 1 heterocycles. The summed E-state index contributed by atoms with van der Waals surface area (Å²) < 4.78 is 14.0. The van der Waals surface area contributed by atoms with E-state index in [2.05, 4.69) is 10.2 Å². The molecule has 6 heteroatoms. The molecule has 1 aromatic heterocycles. The number of hydrogen-bond acceptors (Lipinski definition) is 5. The molecule has 3 nitrogen and oxygen atoms in total. The molecule has 72 valence electrons. The van der Waals surface area contributed by atoms with E-state index in [-0.39, 0.29) is 5.82 Å². The zero-order valence-electron chi connectivity index (χ0n) is 6.98. The van der Waals surface area contributed by atoms with Crippen molar-refractivity contribution in [1.82, 2.24) is 10.2 Å². The van der Waals surface area contributed by atoms with Crippen molar-refractivity contribution in [2.45, 2.75) is 9.24 Å². The van der Waals surface area contributed by atoms with E-state index in [1.807, 2.05) is 0 Å². The van der Waals surface area contributed by atoms with Crippen molar-refractivity contribution >= 4 is 28.8 Å². The van der Waals surface area contributed by atoms with Gasteiger partial charge in [0, 0.05) is 5.69 Å². The molecule has 0 amide bonds. The molecule has 0 fully saturated rings. The highest BCUT2D eigenvalue weighted by atomic mass is 32.2. The smallest absolute Gasteiger partial charge is 0.178 e. The molecule has 2 aromatic rings. The zero-order chi connectivity index (χ0) is 9.97. The van der Waals surface area contributed by atoms with Gasteiger partial charge in [-0.1, -0.05) is 23.1 Å². The minimum absolute atomic E-state index is 0.329. The Balaban J connectivity index is 2.25. The number of hydrogen-bond donors (Lipinski definition) is 1. The van der Waals surface area contributed by atoms with Crippen LogP contribution in [0.1, 0.15) is 0 Å². The average Bonchev–Trinajstić information content (AvgIpc) is 2.62. The van der Waals surface area contributed by atoms with Crippen LogP contribution in [0.25, 0.3) is 0 Å². The lowest BCUT2D eigenvalue weighted by atomic mass is 10.3. The highest BCUT2D eigenvalue weighted by Gasteiger charge is 2.06. The molecule has 0 saturated heterocycles.